The molecule has 3 heterocycles. The number of nitrogens with zero attached hydrogens (tertiary/aromatic N) is 3. The Morgan fingerprint density at radius 2 is 2.04 bits per heavy atom. The third-order valence-corrected chi connectivity index (χ3v) is 4.95. The Hall–Kier alpha value is -2.46. The minimum atomic E-state index is -4.45. The van der Waals surface area contributed by atoms with E-state index in [1.807, 2.05) is 5.38 Å². The summed E-state index contributed by atoms with van der Waals surface area (Å²) in [4.78, 5) is 9.03. The first-order chi connectivity index (χ1) is 11.9. The molecule has 0 aliphatic rings. The van der Waals surface area contributed by atoms with Crippen molar-refractivity contribution in [1.29, 1.82) is 0 Å². The molecule has 0 atom stereocenters. The molecule has 10 heteroatoms. The van der Waals surface area contributed by atoms with Crippen molar-refractivity contribution in [2.75, 3.05) is 5.32 Å². The molecule has 0 aliphatic heterocycles. The molecule has 0 spiro atoms. The van der Waals surface area contributed by atoms with Crippen LogP contribution in [0.25, 0.3) is 16.3 Å². The Morgan fingerprint density at radius 1 is 1.20 bits per heavy atom. The van der Waals surface area contributed by atoms with Crippen LogP contribution in [-0.4, -0.2) is 14.4 Å². The van der Waals surface area contributed by atoms with Gasteiger partial charge in [-0.1, -0.05) is 17.4 Å². The second kappa shape index (κ2) is 5.81. The Kier molecular flexibility index (Phi) is 3.73. The number of nitrogens with one attached hydrogen (secondary N) is 1. The number of alkyl halides is 3. The van der Waals surface area contributed by atoms with Gasteiger partial charge in [0.1, 0.15) is 5.69 Å². The van der Waals surface area contributed by atoms with E-state index in [9.17, 15) is 17.6 Å². The van der Waals surface area contributed by atoms with Gasteiger partial charge in [0.25, 0.3) is 0 Å². The van der Waals surface area contributed by atoms with Crippen LogP contribution in [0.4, 0.5) is 28.4 Å². The lowest BCUT2D eigenvalue weighted by Gasteiger charge is -2.08. The number of thiazole rings is 2. The number of imidazole rings is 1. The first-order valence-electron chi connectivity index (χ1n) is 6.93. The maximum atomic E-state index is 14.3. The van der Waals surface area contributed by atoms with Crippen LogP contribution < -0.4 is 5.32 Å². The van der Waals surface area contributed by atoms with Crippen LogP contribution >= 0.6 is 22.7 Å². The van der Waals surface area contributed by atoms with Crippen LogP contribution in [0.1, 0.15) is 5.56 Å². The molecule has 4 aromatic rings. The predicted molar refractivity (Wildman–Crippen MR) is 88.9 cm³/mol. The van der Waals surface area contributed by atoms with Crippen molar-refractivity contribution in [2.45, 2.75) is 6.18 Å². The lowest BCUT2D eigenvalue weighted by molar-refractivity contribution is -0.137. The maximum Gasteiger partial charge on any atom is 0.416 e. The molecule has 0 aliphatic carbocycles. The Morgan fingerprint density at radius 3 is 2.84 bits per heavy atom. The van der Waals surface area contributed by atoms with Crippen molar-refractivity contribution in [2.24, 2.45) is 0 Å². The molecule has 4 nitrogen and oxygen atoms in total. The molecular formula is C15H8F4N4S2. The fourth-order valence-corrected chi connectivity index (χ4v) is 3.73. The standard InChI is InChI=1S/C15H8F4N4S2/c16-12-11(10-7-20-14-23(10)4-5-24-14)22-13(25-12)21-9-3-1-2-8(6-9)15(17,18)19/h1-7H,(H,21,22). The fraction of sp³-hybridized carbons (Fsp3) is 0.0667. The molecule has 1 N–H and O–H groups in total. The molecule has 0 unspecified atom stereocenters. The summed E-state index contributed by atoms with van der Waals surface area (Å²) in [6.45, 7) is 0. The third-order valence-electron chi connectivity index (χ3n) is 3.42. The zero-order chi connectivity index (χ0) is 17.6. The summed E-state index contributed by atoms with van der Waals surface area (Å²) in [6.07, 6.45) is -1.18. The highest BCUT2D eigenvalue weighted by Crippen LogP contribution is 2.34. The number of hydrogen-bond donors (Lipinski definition) is 1. The van der Waals surface area contributed by atoms with E-state index in [0.717, 1.165) is 23.5 Å². The average Bonchev–Trinajstić information content (AvgIpc) is 3.22. The second-order valence-corrected chi connectivity index (χ2v) is 6.87. The molecule has 4 rings (SSSR count). The lowest BCUT2D eigenvalue weighted by Crippen LogP contribution is -2.05. The van der Waals surface area contributed by atoms with Gasteiger partial charge in [-0.25, -0.2) is 9.97 Å². The summed E-state index contributed by atoms with van der Waals surface area (Å²) in [7, 11) is 0. The molecule has 0 bridgehead atoms. The molecule has 0 saturated heterocycles. The largest absolute Gasteiger partial charge is 0.416 e. The highest BCUT2D eigenvalue weighted by Gasteiger charge is 2.30. The summed E-state index contributed by atoms with van der Waals surface area (Å²) in [5, 5.41) is 4.16. The van der Waals surface area contributed by atoms with Gasteiger partial charge in [0.2, 0.25) is 5.13 Å². The number of anilines is 2. The summed E-state index contributed by atoms with van der Waals surface area (Å²) in [6, 6.07) is 4.67. The zero-order valence-corrected chi connectivity index (χ0v) is 13.8. The van der Waals surface area contributed by atoms with Gasteiger partial charge in [0.15, 0.2) is 10.1 Å². The van der Waals surface area contributed by atoms with E-state index in [0.29, 0.717) is 10.7 Å². The van der Waals surface area contributed by atoms with Crippen LogP contribution in [0.3, 0.4) is 0 Å². The van der Waals surface area contributed by atoms with Gasteiger partial charge >= 0.3 is 6.18 Å². The van der Waals surface area contributed by atoms with E-state index in [-0.39, 0.29) is 16.5 Å². The zero-order valence-electron chi connectivity index (χ0n) is 12.2. The lowest BCUT2D eigenvalue weighted by atomic mass is 10.2. The minimum Gasteiger partial charge on any atom is -0.331 e. The van der Waals surface area contributed by atoms with E-state index in [1.165, 1.54) is 29.7 Å². The summed E-state index contributed by atoms with van der Waals surface area (Å²) < 4.78 is 54.3. The molecule has 1 aromatic carbocycles. The Labute approximate surface area is 146 Å². The maximum absolute atomic E-state index is 14.3. The van der Waals surface area contributed by atoms with Crippen molar-refractivity contribution in [3.05, 3.63) is 52.7 Å². The number of hydrogen-bond acceptors (Lipinski definition) is 5. The van der Waals surface area contributed by atoms with Crippen molar-refractivity contribution in [3.63, 3.8) is 0 Å². The average molecular weight is 384 g/mol. The molecule has 0 saturated carbocycles. The number of fused-ring (bicyclic) bond motifs is 1. The van der Waals surface area contributed by atoms with E-state index < -0.39 is 16.9 Å². The SMILES string of the molecule is Fc1sc(Nc2cccc(C(F)(F)F)c2)nc1-c1cnc2sccn12. The second-order valence-electron chi connectivity index (χ2n) is 5.04. The van der Waals surface area contributed by atoms with Crippen molar-refractivity contribution in [3.8, 4) is 11.4 Å². The first-order valence-corrected chi connectivity index (χ1v) is 8.63. The summed E-state index contributed by atoms with van der Waals surface area (Å²) >= 11 is 2.13. The van der Waals surface area contributed by atoms with Crippen LogP contribution in [0.2, 0.25) is 0 Å². The normalized spacial score (nSPS) is 12.0. The van der Waals surface area contributed by atoms with Crippen LogP contribution in [-0.2, 0) is 6.18 Å². The minimum absolute atomic E-state index is 0.102. The van der Waals surface area contributed by atoms with Gasteiger partial charge in [-0.2, -0.15) is 17.6 Å². The van der Waals surface area contributed by atoms with Crippen molar-refractivity contribution in [1.82, 2.24) is 14.4 Å². The smallest absolute Gasteiger partial charge is 0.331 e. The van der Waals surface area contributed by atoms with Gasteiger partial charge in [-0.3, -0.25) is 4.40 Å². The topological polar surface area (TPSA) is 42.2 Å². The highest BCUT2D eigenvalue weighted by molar-refractivity contribution is 7.15. The van der Waals surface area contributed by atoms with Gasteiger partial charge in [-0.05, 0) is 18.2 Å². The van der Waals surface area contributed by atoms with Gasteiger partial charge in [0.05, 0.1) is 17.5 Å². The fourth-order valence-electron chi connectivity index (χ4n) is 2.31. The quantitative estimate of drug-likeness (QED) is 0.480. The van der Waals surface area contributed by atoms with E-state index in [1.54, 1.807) is 10.6 Å². The molecule has 128 valence electrons. The van der Waals surface area contributed by atoms with E-state index >= 15 is 0 Å². The molecule has 25 heavy (non-hydrogen) atoms. The Bertz CT molecular complexity index is 1050. The van der Waals surface area contributed by atoms with Crippen LogP contribution in [0.5, 0.6) is 0 Å². The highest BCUT2D eigenvalue weighted by atomic mass is 32.1. The number of benzene rings is 1. The molecule has 0 amide bonds. The summed E-state index contributed by atoms with van der Waals surface area (Å²) in [5.41, 5.74) is -0.0120. The van der Waals surface area contributed by atoms with E-state index in [2.05, 4.69) is 15.3 Å². The molecule has 3 aromatic heterocycles. The molecular weight excluding hydrogens is 376 g/mol. The summed E-state index contributed by atoms with van der Waals surface area (Å²) in [5.74, 6) is 0. The van der Waals surface area contributed by atoms with Crippen molar-refractivity contribution >= 4 is 38.5 Å². The number of rotatable bonds is 3. The molecule has 0 radical (unpaired) electrons. The van der Waals surface area contributed by atoms with Crippen LogP contribution in [0.15, 0.2) is 42.0 Å². The third kappa shape index (κ3) is 2.98. The van der Waals surface area contributed by atoms with Crippen LogP contribution in [0, 0.1) is 5.13 Å². The first kappa shape index (κ1) is 16.0. The Balaban J connectivity index is 1.66. The van der Waals surface area contributed by atoms with E-state index in [4.69, 9.17) is 0 Å². The van der Waals surface area contributed by atoms with Gasteiger partial charge < -0.3 is 5.32 Å². The van der Waals surface area contributed by atoms with Gasteiger partial charge in [-0.15, -0.1) is 11.3 Å². The van der Waals surface area contributed by atoms with Gasteiger partial charge in [0, 0.05) is 17.3 Å². The number of aromatic nitrogens is 3. The monoisotopic (exact) mass is 384 g/mol. The molecule has 0 fully saturated rings. The number of halogens is 4. The van der Waals surface area contributed by atoms with Crippen molar-refractivity contribution < 1.29 is 17.6 Å². The predicted octanol–water partition coefficient (Wildman–Crippen LogP) is 5.42.